The number of nitriles is 1. The van der Waals surface area contributed by atoms with Gasteiger partial charge in [-0.05, 0) is 55.8 Å². The predicted octanol–water partition coefficient (Wildman–Crippen LogP) is 5.14. The van der Waals surface area contributed by atoms with Gasteiger partial charge in [-0.1, -0.05) is 34.8 Å². The van der Waals surface area contributed by atoms with Crippen LogP contribution in [0.4, 0.5) is 5.82 Å². The maximum Gasteiger partial charge on any atom is 0.168 e. The van der Waals surface area contributed by atoms with Crippen molar-refractivity contribution in [2.24, 2.45) is 28.8 Å². The van der Waals surface area contributed by atoms with Gasteiger partial charge in [0, 0.05) is 5.71 Å². The van der Waals surface area contributed by atoms with E-state index in [1.807, 2.05) is 6.07 Å². The number of pyridine rings is 1. The van der Waals surface area contributed by atoms with E-state index in [9.17, 15) is 0 Å². The number of hydrogen-bond acceptors (Lipinski definition) is 4. The van der Waals surface area contributed by atoms with E-state index in [-0.39, 0.29) is 20.8 Å². The summed E-state index contributed by atoms with van der Waals surface area (Å²) in [6, 6.07) is 1.90. The van der Waals surface area contributed by atoms with E-state index in [0.717, 1.165) is 11.8 Å². The summed E-state index contributed by atoms with van der Waals surface area (Å²) in [6.45, 7) is 0. The monoisotopic (exact) mass is 368 g/mol. The topological polar surface area (TPSA) is 61.1 Å². The highest BCUT2D eigenvalue weighted by atomic mass is 35.5. The molecule has 0 aliphatic heterocycles. The van der Waals surface area contributed by atoms with Crippen LogP contribution in [0.15, 0.2) is 5.10 Å². The van der Waals surface area contributed by atoms with Crippen molar-refractivity contribution >= 4 is 46.3 Å². The van der Waals surface area contributed by atoms with Crippen molar-refractivity contribution in [1.82, 2.24) is 4.98 Å². The largest absolute Gasteiger partial charge is 0.260 e. The van der Waals surface area contributed by atoms with Crippen LogP contribution in [0.1, 0.15) is 37.7 Å². The van der Waals surface area contributed by atoms with Crippen molar-refractivity contribution in [1.29, 1.82) is 5.26 Å². The fourth-order valence-corrected chi connectivity index (χ4v) is 5.31. The lowest BCUT2D eigenvalue weighted by atomic mass is 9.55. The molecule has 1 aromatic heterocycles. The van der Waals surface area contributed by atoms with E-state index in [1.165, 1.54) is 37.8 Å². The highest BCUT2D eigenvalue weighted by molar-refractivity contribution is 6.45. The molecule has 7 heteroatoms. The molecular formula is C16H15Cl3N4. The third kappa shape index (κ3) is 2.59. The lowest BCUT2D eigenvalue weighted by Gasteiger charge is -2.50. The smallest absolute Gasteiger partial charge is 0.168 e. The summed E-state index contributed by atoms with van der Waals surface area (Å²) in [4.78, 5) is 4.11. The lowest BCUT2D eigenvalue weighted by molar-refractivity contribution is 0.108. The first-order valence-corrected chi connectivity index (χ1v) is 8.98. The zero-order valence-corrected chi connectivity index (χ0v) is 14.6. The number of rotatable bonds is 2. The number of aromatic nitrogens is 1. The van der Waals surface area contributed by atoms with Gasteiger partial charge in [0.2, 0.25) is 0 Å². The highest BCUT2D eigenvalue weighted by Crippen LogP contribution is 2.52. The molecule has 4 bridgehead atoms. The summed E-state index contributed by atoms with van der Waals surface area (Å²) in [6.07, 6.45) is 6.42. The second-order valence-corrected chi connectivity index (χ2v) is 7.93. The van der Waals surface area contributed by atoms with Crippen LogP contribution in [0.5, 0.6) is 0 Å². The Hall–Kier alpha value is -1.02. The fourth-order valence-electron chi connectivity index (χ4n) is 4.64. The molecule has 0 radical (unpaired) electrons. The van der Waals surface area contributed by atoms with Crippen molar-refractivity contribution in [2.45, 2.75) is 32.1 Å². The summed E-state index contributed by atoms with van der Waals surface area (Å²) in [5.41, 5.74) is 4.27. The van der Waals surface area contributed by atoms with Crippen LogP contribution in [-0.4, -0.2) is 10.7 Å². The zero-order chi connectivity index (χ0) is 16.1. The lowest BCUT2D eigenvalue weighted by Crippen LogP contribution is -2.45. The number of anilines is 1. The molecule has 0 spiro atoms. The quantitative estimate of drug-likeness (QED) is 0.580. The van der Waals surface area contributed by atoms with E-state index in [1.54, 1.807) is 0 Å². The first-order chi connectivity index (χ1) is 11.1. The maximum absolute atomic E-state index is 9.02. The van der Waals surface area contributed by atoms with E-state index in [4.69, 9.17) is 40.1 Å². The molecule has 1 aromatic rings. The molecule has 4 saturated carbocycles. The molecule has 1 N–H and O–H groups in total. The number of halogens is 3. The van der Waals surface area contributed by atoms with Crippen molar-refractivity contribution in [3.8, 4) is 6.07 Å². The van der Waals surface area contributed by atoms with E-state index < -0.39 is 0 Å². The number of nitrogens with zero attached hydrogens (tertiary/aromatic N) is 3. The van der Waals surface area contributed by atoms with Crippen molar-refractivity contribution in [3.63, 3.8) is 0 Å². The summed E-state index contributed by atoms with van der Waals surface area (Å²) in [5.74, 6) is 3.25. The van der Waals surface area contributed by atoms with Gasteiger partial charge in [0.15, 0.2) is 11.0 Å². The van der Waals surface area contributed by atoms with Crippen molar-refractivity contribution in [2.75, 3.05) is 5.43 Å². The first-order valence-electron chi connectivity index (χ1n) is 7.84. The van der Waals surface area contributed by atoms with E-state index in [2.05, 4.69) is 15.5 Å². The molecule has 120 valence electrons. The van der Waals surface area contributed by atoms with Gasteiger partial charge in [-0.25, -0.2) is 4.98 Å². The number of hydrazone groups is 1. The van der Waals surface area contributed by atoms with Crippen LogP contribution < -0.4 is 5.43 Å². The van der Waals surface area contributed by atoms with Gasteiger partial charge in [-0.2, -0.15) is 10.4 Å². The third-order valence-corrected chi connectivity index (χ3v) is 6.53. The van der Waals surface area contributed by atoms with Crippen molar-refractivity contribution < 1.29 is 0 Å². The Morgan fingerprint density at radius 1 is 1.00 bits per heavy atom. The Bertz CT molecular complexity index is 708. The van der Waals surface area contributed by atoms with Crippen LogP contribution in [0, 0.1) is 35.0 Å². The Balaban J connectivity index is 1.61. The van der Waals surface area contributed by atoms with Crippen LogP contribution in [0.3, 0.4) is 0 Å². The second kappa shape index (κ2) is 5.81. The minimum Gasteiger partial charge on any atom is -0.260 e. The predicted molar refractivity (Wildman–Crippen MR) is 92.1 cm³/mol. The summed E-state index contributed by atoms with van der Waals surface area (Å²) in [7, 11) is 0. The van der Waals surface area contributed by atoms with Gasteiger partial charge in [-0.15, -0.1) is 0 Å². The van der Waals surface area contributed by atoms with Gasteiger partial charge in [0.05, 0.1) is 5.02 Å². The Morgan fingerprint density at radius 2 is 1.61 bits per heavy atom. The second-order valence-electron chi connectivity index (χ2n) is 6.82. The van der Waals surface area contributed by atoms with Gasteiger partial charge in [-0.3, -0.25) is 5.43 Å². The van der Waals surface area contributed by atoms with Crippen LogP contribution in [0.25, 0.3) is 0 Å². The minimum absolute atomic E-state index is 0.0367. The summed E-state index contributed by atoms with van der Waals surface area (Å²) < 4.78 is 0. The van der Waals surface area contributed by atoms with Gasteiger partial charge in [0.1, 0.15) is 16.7 Å². The summed E-state index contributed by atoms with van der Waals surface area (Å²) in [5, 5.41) is 14.0. The SMILES string of the molecule is N#Cc1c(Cl)nc(NN=C2C3CC4CC(C3)CC2C4)c(Cl)c1Cl. The molecule has 0 unspecified atom stereocenters. The van der Waals surface area contributed by atoms with Gasteiger partial charge < -0.3 is 0 Å². The molecule has 0 aromatic carbocycles. The highest BCUT2D eigenvalue weighted by Gasteiger charge is 2.46. The van der Waals surface area contributed by atoms with Crippen LogP contribution in [0.2, 0.25) is 15.2 Å². The van der Waals surface area contributed by atoms with E-state index in [0.29, 0.717) is 17.7 Å². The van der Waals surface area contributed by atoms with Crippen LogP contribution >= 0.6 is 34.8 Å². The maximum atomic E-state index is 9.02. The Kier molecular flexibility index (Phi) is 3.91. The molecule has 4 fully saturated rings. The third-order valence-electron chi connectivity index (χ3n) is 5.41. The molecule has 0 amide bonds. The standard InChI is InChI=1S/C16H15Cl3N4/c17-12-11(6-20)15(19)21-16(13(12)18)23-22-14-9-2-7-1-8(4-9)5-10(14)3-7/h7-10H,1-5H2,(H,21,23). The minimum atomic E-state index is 0.0367. The molecule has 4 aliphatic carbocycles. The Morgan fingerprint density at radius 3 is 2.17 bits per heavy atom. The molecule has 4 nitrogen and oxygen atoms in total. The van der Waals surface area contributed by atoms with Crippen LogP contribution in [-0.2, 0) is 0 Å². The average Bonchev–Trinajstić information content (AvgIpc) is 2.51. The average molecular weight is 370 g/mol. The van der Waals surface area contributed by atoms with E-state index >= 15 is 0 Å². The molecular weight excluding hydrogens is 355 g/mol. The first kappa shape index (κ1) is 15.5. The molecule has 1 heterocycles. The number of hydrogen-bond donors (Lipinski definition) is 1. The molecule has 0 atom stereocenters. The van der Waals surface area contributed by atoms with Crippen molar-refractivity contribution in [3.05, 3.63) is 20.8 Å². The Labute approximate surface area is 149 Å². The summed E-state index contributed by atoms with van der Waals surface area (Å²) >= 11 is 18.2. The van der Waals surface area contributed by atoms with Gasteiger partial charge in [0.25, 0.3) is 0 Å². The molecule has 4 aliphatic rings. The molecule has 5 rings (SSSR count). The van der Waals surface area contributed by atoms with Gasteiger partial charge >= 0.3 is 0 Å². The molecule has 23 heavy (non-hydrogen) atoms. The normalized spacial score (nSPS) is 31.1. The fraction of sp³-hybridized carbons (Fsp3) is 0.562. The zero-order valence-electron chi connectivity index (χ0n) is 12.3. The molecule has 0 saturated heterocycles. The number of nitrogens with one attached hydrogen (secondary N) is 1.